The molecule has 0 N–H and O–H groups in total. The van der Waals surface area contributed by atoms with Crippen molar-refractivity contribution in [2.45, 2.75) is 13.0 Å². The van der Waals surface area contributed by atoms with Crippen LogP contribution in [0.3, 0.4) is 0 Å². The number of hydrogen-bond donors (Lipinski definition) is 0. The Kier molecular flexibility index (Phi) is 6.52. The van der Waals surface area contributed by atoms with Crippen molar-refractivity contribution in [2.24, 2.45) is 0 Å². The van der Waals surface area contributed by atoms with Crippen molar-refractivity contribution in [3.05, 3.63) is 71.1 Å². The Labute approximate surface area is 174 Å². The van der Waals surface area contributed by atoms with E-state index in [9.17, 15) is 0 Å². The molecular formula is C22H25BrN2O3. The first-order chi connectivity index (χ1) is 13.6. The molecule has 0 fully saturated rings. The van der Waals surface area contributed by atoms with Crippen molar-refractivity contribution in [1.29, 1.82) is 0 Å². The molecule has 1 heterocycles. The second kappa shape index (κ2) is 9.06. The zero-order chi connectivity index (χ0) is 20.1. The van der Waals surface area contributed by atoms with Crippen molar-refractivity contribution in [1.82, 2.24) is 4.90 Å². The minimum Gasteiger partial charge on any atom is -0.495 e. The molecule has 0 saturated heterocycles. The molecule has 3 rings (SSSR count). The van der Waals surface area contributed by atoms with Crippen molar-refractivity contribution in [2.75, 3.05) is 32.8 Å². The van der Waals surface area contributed by atoms with Crippen molar-refractivity contribution >= 4 is 21.6 Å². The molecule has 5 nitrogen and oxygen atoms in total. The summed E-state index contributed by atoms with van der Waals surface area (Å²) in [6.45, 7) is 2.94. The predicted molar refractivity (Wildman–Crippen MR) is 116 cm³/mol. The molecule has 1 aliphatic rings. The summed E-state index contributed by atoms with van der Waals surface area (Å²) in [5.74, 6) is 2.28. The molecule has 6 heteroatoms. The molecule has 1 aliphatic heterocycles. The number of rotatable bonds is 6. The summed E-state index contributed by atoms with van der Waals surface area (Å²) < 4.78 is 17.1. The molecule has 1 unspecified atom stereocenters. The minimum absolute atomic E-state index is 0.145. The van der Waals surface area contributed by atoms with Crippen LogP contribution in [0.2, 0.25) is 0 Å². The molecule has 2 aromatic carbocycles. The van der Waals surface area contributed by atoms with E-state index in [1.165, 1.54) is 0 Å². The van der Waals surface area contributed by atoms with Crippen LogP contribution in [0.5, 0.6) is 17.2 Å². The van der Waals surface area contributed by atoms with Crippen LogP contribution in [0.25, 0.3) is 0 Å². The lowest BCUT2D eigenvalue weighted by atomic mass is 10.1. The lowest BCUT2D eigenvalue weighted by Crippen LogP contribution is -2.16. The highest BCUT2D eigenvalue weighted by atomic mass is 79.9. The normalized spacial score (nSPS) is 14.6. The van der Waals surface area contributed by atoms with E-state index in [2.05, 4.69) is 69.5 Å². The summed E-state index contributed by atoms with van der Waals surface area (Å²) in [6, 6.07) is 12.3. The van der Waals surface area contributed by atoms with Gasteiger partial charge < -0.3 is 24.0 Å². The number of nitrogens with zero attached hydrogens (tertiary/aromatic N) is 2. The van der Waals surface area contributed by atoms with Crippen LogP contribution in [0.4, 0.5) is 5.69 Å². The maximum Gasteiger partial charge on any atom is 0.161 e. The highest BCUT2D eigenvalue weighted by molar-refractivity contribution is 9.10. The zero-order valence-corrected chi connectivity index (χ0v) is 18.1. The van der Waals surface area contributed by atoms with Gasteiger partial charge in [0.25, 0.3) is 0 Å². The average molecular weight is 445 g/mol. The number of ether oxygens (including phenoxy) is 3. The maximum atomic E-state index is 5.44. The summed E-state index contributed by atoms with van der Waals surface area (Å²) in [4.78, 5) is 4.35. The van der Waals surface area contributed by atoms with Crippen LogP contribution in [-0.4, -0.2) is 32.8 Å². The van der Waals surface area contributed by atoms with Crippen molar-refractivity contribution in [3.8, 4) is 17.2 Å². The Balaban J connectivity index is 1.81. The van der Waals surface area contributed by atoms with E-state index < -0.39 is 0 Å². The van der Waals surface area contributed by atoms with E-state index in [4.69, 9.17) is 14.2 Å². The van der Waals surface area contributed by atoms with Gasteiger partial charge in [-0.25, -0.2) is 0 Å². The largest absolute Gasteiger partial charge is 0.495 e. The van der Waals surface area contributed by atoms with Gasteiger partial charge in [-0.3, -0.25) is 0 Å². The maximum absolute atomic E-state index is 5.44. The Morgan fingerprint density at radius 3 is 2.32 bits per heavy atom. The molecule has 0 aliphatic carbocycles. The Morgan fingerprint density at radius 1 is 0.857 bits per heavy atom. The van der Waals surface area contributed by atoms with Gasteiger partial charge in [-0.1, -0.05) is 6.07 Å². The Morgan fingerprint density at radius 2 is 1.61 bits per heavy atom. The third-order valence-electron chi connectivity index (χ3n) is 4.80. The Bertz CT molecular complexity index is 882. The second-order valence-electron chi connectivity index (χ2n) is 6.39. The van der Waals surface area contributed by atoms with E-state index in [-0.39, 0.29) is 6.04 Å². The average Bonchev–Trinajstić information content (AvgIpc) is 2.99. The fourth-order valence-electron chi connectivity index (χ4n) is 3.11. The van der Waals surface area contributed by atoms with Crippen LogP contribution in [0.15, 0.2) is 65.5 Å². The number of benzene rings is 2. The summed E-state index contributed by atoms with van der Waals surface area (Å²) >= 11 is 3.50. The second-order valence-corrected chi connectivity index (χ2v) is 7.25. The fourth-order valence-corrected chi connectivity index (χ4v) is 3.52. The molecule has 0 radical (unpaired) electrons. The SMILES string of the molecule is COc1cc(N2C=CN(C(C)c3ccc(OC)c(OC)c3)C=CC2)ccc1Br. The topological polar surface area (TPSA) is 34.2 Å². The van der Waals surface area contributed by atoms with Crippen molar-refractivity contribution < 1.29 is 14.2 Å². The predicted octanol–water partition coefficient (Wildman–Crippen LogP) is 5.34. The van der Waals surface area contributed by atoms with E-state index in [1.54, 1.807) is 21.3 Å². The number of anilines is 1. The van der Waals surface area contributed by atoms with Gasteiger partial charge >= 0.3 is 0 Å². The van der Waals surface area contributed by atoms with Crippen molar-refractivity contribution in [3.63, 3.8) is 0 Å². The number of methoxy groups -OCH3 is 3. The molecule has 0 saturated carbocycles. The van der Waals surface area contributed by atoms with Gasteiger partial charge in [0.2, 0.25) is 0 Å². The summed E-state index contributed by atoms with van der Waals surface area (Å²) in [7, 11) is 4.98. The molecule has 1 atom stereocenters. The van der Waals surface area contributed by atoms with Crippen LogP contribution < -0.4 is 19.1 Å². The molecule has 0 spiro atoms. The number of halogens is 1. The molecule has 28 heavy (non-hydrogen) atoms. The molecule has 0 bridgehead atoms. The monoisotopic (exact) mass is 444 g/mol. The fraction of sp³-hybridized carbons (Fsp3) is 0.273. The quantitative estimate of drug-likeness (QED) is 0.600. The van der Waals surface area contributed by atoms with Crippen LogP contribution >= 0.6 is 15.9 Å². The summed E-state index contributed by atoms with van der Waals surface area (Å²) in [5.41, 5.74) is 2.22. The first kappa shape index (κ1) is 20.1. The van der Waals surface area contributed by atoms with E-state index in [0.29, 0.717) is 0 Å². The zero-order valence-electron chi connectivity index (χ0n) is 16.6. The molecule has 0 amide bonds. The molecule has 148 valence electrons. The van der Waals surface area contributed by atoms with Crippen LogP contribution in [0, 0.1) is 0 Å². The third kappa shape index (κ3) is 4.28. The van der Waals surface area contributed by atoms with Crippen LogP contribution in [0.1, 0.15) is 18.5 Å². The van der Waals surface area contributed by atoms with Gasteiger partial charge in [0.05, 0.1) is 31.8 Å². The highest BCUT2D eigenvalue weighted by Gasteiger charge is 2.16. The van der Waals surface area contributed by atoms with Gasteiger partial charge in [-0.2, -0.15) is 0 Å². The van der Waals surface area contributed by atoms with Gasteiger partial charge in [0, 0.05) is 36.9 Å². The van der Waals surface area contributed by atoms with Gasteiger partial charge in [0.1, 0.15) is 5.75 Å². The Hall–Kier alpha value is -2.60. The minimum atomic E-state index is 0.145. The highest BCUT2D eigenvalue weighted by Crippen LogP contribution is 2.33. The summed E-state index contributed by atoms with van der Waals surface area (Å²) in [5, 5.41) is 0. The van der Waals surface area contributed by atoms with Crippen LogP contribution in [-0.2, 0) is 0 Å². The van der Waals surface area contributed by atoms with Gasteiger partial charge in [-0.15, -0.1) is 0 Å². The lowest BCUT2D eigenvalue weighted by molar-refractivity contribution is 0.351. The molecular weight excluding hydrogens is 420 g/mol. The van der Waals surface area contributed by atoms with E-state index in [0.717, 1.165) is 39.5 Å². The standard InChI is InChI=1S/C22H25BrN2O3/c1-16(17-6-9-20(26-2)22(14-17)28-4)24-10-5-11-25(13-12-24)18-7-8-19(23)21(15-18)27-3/h5-10,12-16H,11H2,1-4H3. The first-order valence-corrected chi connectivity index (χ1v) is 9.81. The molecule has 0 aromatic heterocycles. The number of hydrogen-bond acceptors (Lipinski definition) is 5. The van der Waals surface area contributed by atoms with Gasteiger partial charge in [0.15, 0.2) is 11.5 Å². The molecule has 2 aromatic rings. The van der Waals surface area contributed by atoms with Gasteiger partial charge in [-0.05, 0) is 58.8 Å². The smallest absolute Gasteiger partial charge is 0.161 e. The van der Waals surface area contributed by atoms with E-state index >= 15 is 0 Å². The summed E-state index contributed by atoms with van der Waals surface area (Å²) in [6.07, 6.45) is 8.42. The van der Waals surface area contributed by atoms with E-state index in [1.807, 2.05) is 24.3 Å². The third-order valence-corrected chi connectivity index (χ3v) is 5.46. The lowest BCUT2D eigenvalue weighted by Gasteiger charge is -2.25. The first-order valence-electron chi connectivity index (χ1n) is 9.02.